The van der Waals surface area contributed by atoms with Crippen molar-refractivity contribution in [2.75, 3.05) is 11.1 Å². The van der Waals surface area contributed by atoms with E-state index in [1.807, 2.05) is 30.3 Å². The first-order valence-corrected chi connectivity index (χ1v) is 8.82. The molecular formula is C19H20N2O3S. The zero-order valence-electron chi connectivity index (χ0n) is 13.9. The van der Waals surface area contributed by atoms with E-state index in [-0.39, 0.29) is 16.9 Å². The Balaban J connectivity index is 2.07. The number of hydrogen-bond donors (Lipinski definition) is 2. The molecule has 0 radical (unpaired) electrons. The molecule has 0 bridgehead atoms. The van der Waals surface area contributed by atoms with E-state index in [1.54, 1.807) is 24.3 Å². The van der Waals surface area contributed by atoms with E-state index >= 15 is 0 Å². The zero-order chi connectivity index (χ0) is 18.2. The van der Waals surface area contributed by atoms with E-state index in [9.17, 15) is 14.4 Å². The number of anilines is 1. The maximum Gasteiger partial charge on any atom is 0.248 e. The van der Waals surface area contributed by atoms with Gasteiger partial charge >= 0.3 is 0 Å². The van der Waals surface area contributed by atoms with E-state index in [0.717, 1.165) is 17.3 Å². The fourth-order valence-corrected chi connectivity index (χ4v) is 3.01. The highest BCUT2D eigenvalue weighted by molar-refractivity contribution is 8.13. The van der Waals surface area contributed by atoms with Crippen LogP contribution in [0.5, 0.6) is 0 Å². The molecule has 0 aliphatic heterocycles. The Labute approximate surface area is 151 Å². The number of hydrogen-bond acceptors (Lipinski definition) is 4. The summed E-state index contributed by atoms with van der Waals surface area (Å²) >= 11 is 1.14. The molecule has 2 amide bonds. The molecule has 5 nitrogen and oxygen atoms in total. The molecule has 0 saturated heterocycles. The quantitative estimate of drug-likeness (QED) is 0.798. The van der Waals surface area contributed by atoms with Gasteiger partial charge in [-0.05, 0) is 36.2 Å². The first-order chi connectivity index (χ1) is 12.0. The minimum Gasteiger partial charge on any atom is -0.366 e. The third-order valence-corrected chi connectivity index (χ3v) is 4.60. The number of nitrogens with one attached hydrogen (secondary N) is 1. The Morgan fingerprint density at radius 2 is 1.68 bits per heavy atom. The lowest BCUT2D eigenvalue weighted by molar-refractivity contribution is -0.119. The SMILES string of the molecule is CC(=O)SCC(Cc1ccccc1)C(=O)Nc1ccc(C(N)=O)cc1. The summed E-state index contributed by atoms with van der Waals surface area (Å²) in [6.07, 6.45) is 0.548. The molecule has 3 N–H and O–H groups in total. The van der Waals surface area contributed by atoms with Crippen molar-refractivity contribution in [2.45, 2.75) is 13.3 Å². The number of nitrogens with two attached hydrogens (primary N) is 1. The number of carbonyl (C=O) groups excluding carboxylic acids is 3. The molecule has 0 aliphatic carbocycles. The van der Waals surface area contributed by atoms with Gasteiger partial charge in [0.15, 0.2) is 5.12 Å². The second-order valence-corrected chi connectivity index (χ2v) is 6.82. The summed E-state index contributed by atoms with van der Waals surface area (Å²) in [6, 6.07) is 16.1. The van der Waals surface area contributed by atoms with Gasteiger partial charge in [0.2, 0.25) is 11.8 Å². The monoisotopic (exact) mass is 356 g/mol. The molecule has 1 atom stereocenters. The standard InChI is InChI=1S/C19H20N2O3S/c1-13(22)25-12-16(11-14-5-3-2-4-6-14)19(24)21-17-9-7-15(8-10-17)18(20)23/h2-10,16H,11-12H2,1H3,(H2,20,23)(H,21,24). The molecule has 1 unspecified atom stereocenters. The molecule has 130 valence electrons. The second-order valence-electron chi connectivity index (χ2n) is 5.62. The molecule has 25 heavy (non-hydrogen) atoms. The first-order valence-electron chi connectivity index (χ1n) is 7.83. The predicted molar refractivity (Wildman–Crippen MR) is 100 cm³/mol. The van der Waals surface area contributed by atoms with Crippen LogP contribution in [-0.2, 0) is 16.0 Å². The molecule has 2 aromatic carbocycles. The Morgan fingerprint density at radius 1 is 1.04 bits per heavy atom. The van der Waals surface area contributed by atoms with Crippen LogP contribution in [0.25, 0.3) is 0 Å². The molecule has 0 aromatic heterocycles. The summed E-state index contributed by atoms with van der Waals surface area (Å²) in [6.45, 7) is 1.49. The normalized spacial score (nSPS) is 11.6. The fraction of sp³-hybridized carbons (Fsp3) is 0.211. The number of carbonyl (C=O) groups is 3. The lowest BCUT2D eigenvalue weighted by Gasteiger charge is -2.16. The number of rotatable bonds is 7. The van der Waals surface area contributed by atoms with E-state index in [0.29, 0.717) is 23.4 Å². The summed E-state index contributed by atoms with van der Waals surface area (Å²) in [7, 11) is 0. The van der Waals surface area contributed by atoms with Crippen LogP contribution < -0.4 is 11.1 Å². The van der Waals surface area contributed by atoms with Crippen molar-refractivity contribution in [2.24, 2.45) is 11.7 Å². The van der Waals surface area contributed by atoms with Crippen LogP contribution in [0.4, 0.5) is 5.69 Å². The minimum atomic E-state index is -0.516. The van der Waals surface area contributed by atoms with Crippen molar-refractivity contribution >= 4 is 34.4 Å². The largest absolute Gasteiger partial charge is 0.366 e. The molecule has 0 aliphatic rings. The zero-order valence-corrected chi connectivity index (χ0v) is 14.7. The van der Waals surface area contributed by atoms with E-state index in [4.69, 9.17) is 5.73 Å². The molecule has 2 aromatic rings. The van der Waals surface area contributed by atoms with Crippen molar-refractivity contribution < 1.29 is 14.4 Å². The topological polar surface area (TPSA) is 89.3 Å². The van der Waals surface area contributed by atoms with Gasteiger partial charge in [0, 0.05) is 23.9 Å². The average Bonchev–Trinajstić information content (AvgIpc) is 2.59. The summed E-state index contributed by atoms with van der Waals surface area (Å²) in [4.78, 5) is 35.0. The van der Waals surface area contributed by atoms with Gasteiger partial charge in [-0.3, -0.25) is 14.4 Å². The lowest BCUT2D eigenvalue weighted by Crippen LogP contribution is -2.27. The van der Waals surface area contributed by atoms with Gasteiger partial charge in [-0.1, -0.05) is 42.1 Å². The van der Waals surface area contributed by atoms with Gasteiger partial charge in [0.25, 0.3) is 0 Å². The second kappa shape index (κ2) is 9.03. The van der Waals surface area contributed by atoms with Gasteiger partial charge in [-0.15, -0.1) is 0 Å². The third kappa shape index (κ3) is 6.08. The smallest absolute Gasteiger partial charge is 0.248 e. The Morgan fingerprint density at radius 3 is 2.24 bits per heavy atom. The maximum absolute atomic E-state index is 12.6. The van der Waals surface area contributed by atoms with Crippen LogP contribution in [0.2, 0.25) is 0 Å². The molecule has 2 rings (SSSR count). The van der Waals surface area contributed by atoms with E-state index in [2.05, 4.69) is 5.32 Å². The molecule has 0 heterocycles. The van der Waals surface area contributed by atoms with Gasteiger partial charge in [0.1, 0.15) is 0 Å². The Hall–Kier alpha value is -2.60. The number of amides is 2. The first kappa shape index (κ1) is 18.7. The summed E-state index contributed by atoms with van der Waals surface area (Å²) in [5.74, 6) is -0.607. The third-order valence-electron chi connectivity index (χ3n) is 3.62. The fourth-order valence-electron chi connectivity index (χ4n) is 2.31. The van der Waals surface area contributed by atoms with Crippen LogP contribution in [0.1, 0.15) is 22.8 Å². The van der Waals surface area contributed by atoms with Crippen molar-refractivity contribution in [3.05, 3.63) is 65.7 Å². The maximum atomic E-state index is 12.6. The molecule has 0 spiro atoms. The van der Waals surface area contributed by atoms with Crippen LogP contribution in [0, 0.1) is 5.92 Å². The van der Waals surface area contributed by atoms with Gasteiger partial charge < -0.3 is 11.1 Å². The number of thioether (sulfide) groups is 1. The molecule has 0 fully saturated rings. The van der Waals surface area contributed by atoms with E-state index in [1.165, 1.54) is 6.92 Å². The van der Waals surface area contributed by atoms with Crippen molar-refractivity contribution in [3.8, 4) is 0 Å². The number of benzene rings is 2. The van der Waals surface area contributed by atoms with Gasteiger partial charge in [-0.25, -0.2) is 0 Å². The minimum absolute atomic E-state index is 0.0170. The molecular weight excluding hydrogens is 336 g/mol. The van der Waals surface area contributed by atoms with Crippen LogP contribution >= 0.6 is 11.8 Å². The summed E-state index contributed by atoms with van der Waals surface area (Å²) < 4.78 is 0. The molecule has 0 saturated carbocycles. The highest BCUT2D eigenvalue weighted by atomic mass is 32.2. The number of primary amides is 1. The summed E-state index contributed by atoms with van der Waals surface area (Å²) in [5, 5.41) is 2.82. The Bertz CT molecular complexity index is 745. The van der Waals surface area contributed by atoms with Crippen molar-refractivity contribution in [3.63, 3.8) is 0 Å². The van der Waals surface area contributed by atoms with Crippen molar-refractivity contribution in [1.29, 1.82) is 0 Å². The summed E-state index contributed by atoms with van der Waals surface area (Å²) in [5.41, 5.74) is 7.21. The highest BCUT2D eigenvalue weighted by Crippen LogP contribution is 2.18. The molecule has 6 heteroatoms. The van der Waals surface area contributed by atoms with Crippen LogP contribution in [0.3, 0.4) is 0 Å². The van der Waals surface area contributed by atoms with Crippen molar-refractivity contribution in [1.82, 2.24) is 0 Å². The van der Waals surface area contributed by atoms with Gasteiger partial charge in [0.05, 0.1) is 5.92 Å². The average molecular weight is 356 g/mol. The van der Waals surface area contributed by atoms with Crippen LogP contribution in [-0.4, -0.2) is 22.7 Å². The highest BCUT2D eigenvalue weighted by Gasteiger charge is 2.20. The van der Waals surface area contributed by atoms with E-state index < -0.39 is 5.91 Å². The lowest BCUT2D eigenvalue weighted by atomic mass is 10.00. The van der Waals surface area contributed by atoms with Crippen LogP contribution in [0.15, 0.2) is 54.6 Å². The Kier molecular flexibility index (Phi) is 6.77. The van der Waals surface area contributed by atoms with Gasteiger partial charge in [-0.2, -0.15) is 0 Å². The predicted octanol–water partition coefficient (Wildman–Crippen LogP) is 2.86.